The van der Waals surface area contributed by atoms with Gasteiger partial charge in [-0.15, -0.1) is 0 Å². The van der Waals surface area contributed by atoms with Crippen LogP contribution in [0.25, 0.3) is 0 Å². The predicted molar refractivity (Wildman–Crippen MR) is 51.6 cm³/mol. The predicted octanol–water partition coefficient (Wildman–Crippen LogP) is 1.44. The van der Waals surface area contributed by atoms with E-state index in [1.165, 1.54) is 0 Å². The zero-order valence-electron chi connectivity index (χ0n) is 8.66. The minimum atomic E-state index is -0.664. The fourth-order valence-electron chi connectivity index (χ4n) is 2.31. The maximum atomic E-state index is 10.5. The van der Waals surface area contributed by atoms with Crippen LogP contribution in [0.1, 0.15) is 26.7 Å². The Balaban J connectivity index is 2.45. The number of rotatable bonds is 3. The van der Waals surface area contributed by atoms with Crippen LogP contribution in [-0.4, -0.2) is 35.6 Å². The molecule has 1 fully saturated rings. The molecule has 13 heavy (non-hydrogen) atoms. The third-order valence-electron chi connectivity index (χ3n) is 2.92. The summed E-state index contributed by atoms with van der Waals surface area (Å²) in [5, 5.41) is 8.67. The van der Waals surface area contributed by atoms with Gasteiger partial charge in [-0.3, -0.25) is 4.79 Å². The number of carboxylic acids is 1. The van der Waals surface area contributed by atoms with Gasteiger partial charge < -0.3 is 10.0 Å². The molecule has 1 saturated heterocycles. The Kier molecular flexibility index (Phi) is 3.31. The molecule has 0 bridgehead atoms. The zero-order valence-corrected chi connectivity index (χ0v) is 8.66. The molecule has 2 atom stereocenters. The van der Waals surface area contributed by atoms with Crippen molar-refractivity contribution in [3.63, 3.8) is 0 Å². The molecule has 0 spiro atoms. The number of carboxylic acid groups (broad SMARTS) is 1. The lowest BCUT2D eigenvalue weighted by Gasteiger charge is -2.22. The monoisotopic (exact) mass is 185 g/mol. The average Bonchev–Trinajstić information content (AvgIpc) is 2.29. The Bertz CT molecular complexity index is 191. The first-order valence-corrected chi connectivity index (χ1v) is 4.92. The number of carbonyl (C=O) groups is 1. The Hall–Kier alpha value is -0.570. The van der Waals surface area contributed by atoms with Crippen molar-refractivity contribution in [3.05, 3.63) is 0 Å². The van der Waals surface area contributed by atoms with Crippen molar-refractivity contribution in [2.75, 3.05) is 13.6 Å². The van der Waals surface area contributed by atoms with E-state index in [0.717, 1.165) is 13.0 Å². The maximum absolute atomic E-state index is 10.5. The van der Waals surface area contributed by atoms with Crippen molar-refractivity contribution in [2.24, 2.45) is 11.8 Å². The van der Waals surface area contributed by atoms with Crippen LogP contribution in [0.15, 0.2) is 0 Å². The molecule has 0 aromatic carbocycles. The van der Waals surface area contributed by atoms with Crippen molar-refractivity contribution in [3.8, 4) is 0 Å². The van der Waals surface area contributed by atoms with Gasteiger partial charge in [-0.25, -0.2) is 0 Å². The fraction of sp³-hybridized carbons (Fsp3) is 0.900. The fourth-order valence-corrected chi connectivity index (χ4v) is 2.31. The number of aliphatic carboxylic acids is 1. The molecule has 1 aliphatic heterocycles. The highest BCUT2D eigenvalue weighted by molar-refractivity contribution is 5.67. The minimum absolute atomic E-state index is 0.327. The van der Waals surface area contributed by atoms with Crippen molar-refractivity contribution in [2.45, 2.75) is 32.7 Å². The lowest BCUT2D eigenvalue weighted by Crippen LogP contribution is -2.29. The van der Waals surface area contributed by atoms with Crippen molar-refractivity contribution >= 4 is 5.97 Å². The van der Waals surface area contributed by atoms with Crippen molar-refractivity contribution < 1.29 is 9.90 Å². The third-order valence-corrected chi connectivity index (χ3v) is 2.92. The lowest BCUT2D eigenvalue weighted by atomic mass is 9.96. The van der Waals surface area contributed by atoms with Gasteiger partial charge in [0.05, 0.1) is 0 Å². The summed E-state index contributed by atoms with van der Waals surface area (Å²) in [6.45, 7) is 5.34. The number of hydrogen-bond donors (Lipinski definition) is 1. The summed E-state index contributed by atoms with van der Waals surface area (Å²) in [5.74, 6) is 0.321. The number of likely N-dealkylation sites (tertiary alicyclic amines) is 1. The average molecular weight is 185 g/mol. The van der Waals surface area contributed by atoms with Crippen molar-refractivity contribution in [1.29, 1.82) is 0 Å². The Morgan fingerprint density at radius 3 is 2.62 bits per heavy atom. The molecule has 0 aliphatic carbocycles. The van der Waals surface area contributed by atoms with E-state index in [-0.39, 0.29) is 0 Å². The lowest BCUT2D eigenvalue weighted by molar-refractivity contribution is -0.138. The number of hydrogen-bond acceptors (Lipinski definition) is 2. The molecular formula is C10H19NO2. The quantitative estimate of drug-likeness (QED) is 0.723. The SMILES string of the molecule is CC(C)C1CC(CC(=O)O)CN1C. The molecule has 0 aromatic rings. The molecule has 3 nitrogen and oxygen atoms in total. The smallest absolute Gasteiger partial charge is 0.303 e. The number of nitrogens with zero attached hydrogens (tertiary/aromatic N) is 1. The van der Waals surface area contributed by atoms with Gasteiger partial charge in [0.25, 0.3) is 0 Å². The molecule has 0 radical (unpaired) electrons. The second-order valence-electron chi connectivity index (χ2n) is 4.45. The Morgan fingerprint density at radius 1 is 1.62 bits per heavy atom. The molecule has 0 aromatic heterocycles. The summed E-state index contributed by atoms with van der Waals surface area (Å²) in [5.41, 5.74) is 0. The van der Waals surface area contributed by atoms with E-state index in [2.05, 4.69) is 25.8 Å². The highest BCUT2D eigenvalue weighted by Gasteiger charge is 2.32. The van der Waals surface area contributed by atoms with E-state index in [1.54, 1.807) is 0 Å². The molecule has 0 saturated carbocycles. The molecule has 3 heteroatoms. The van der Waals surface area contributed by atoms with Crippen LogP contribution in [-0.2, 0) is 4.79 Å². The van der Waals surface area contributed by atoms with Crippen LogP contribution >= 0.6 is 0 Å². The van der Waals surface area contributed by atoms with E-state index in [0.29, 0.717) is 24.3 Å². The van der Waals surface area contributed by atoms with Gasteiger partial charge in [-0.05, 0) is 25.3 Å². The van der Waals surface area contributed by atoms with Gasteiger partial charge >= 0.3 is 5.97 Å². The Morgan fingerprint density at radius 2 is 2.23 bits per heavy atom. The van der Waals surface area contributed by atoms with Crippen LogP contribution < -0.4 is 0 Å². The van der Waals surface area contributed by atoms with Crippen molar-refractivity contribution in [1.82, 2.24) is 4.90 Å². The van der Waals surface area contributed by atoms with Gasteiger partial charge in [-0.2, -0.15) is 0 Å². The van der Waals surface area contributed by atoms with Gasteiger partial charge in [0.1, 0.15) is 0 Å². The summed E-state index contributed by atoms with van der Waals surface area (Å²) < 4.78 is 0. The van der Waals surface area contributed by atoms with Crippen LogP contribution in [0.3, 0.4) is 0 Å². The van der Waals surface area contributed by atoms with E-state index >= 15 is 0 Å². The molecule has 0 amide bonds. The third kappa shape index (κ3) is 2.69. The second-order valence-corrected chi connectivity index (χ2v) is 4.45. The zero-order chi connectivity index (χ0) is 10.0. The maximum Gasteiger partial charge on any atom is 0.303 e. The molecule has 1 aliphatic rings. The topological polar surface area (TPSA) is 40.5 Å². The van der Waals surface area contributed by atoms with E-state index in [4.69, 9.17) is 5.11 Å². The first-order valence-electron chi connectivity index (χ1n) is 4.92. The van der Waals surface area contributed by atoms with Crippen LogP contribution in [0.2, 0.25) is 0 Å². The molecule has 1 rings (SSSR count). The molecule has 1 N–H and O–H groups in total. The van der Waals surface area contributed by atoms with Gasteiger partial charge in [-0.1, -0.05) is 13.8 Å². The largest absolute Gasteiger partial charge is 0.481 e. The summed E-state index contributed by atoms with van der Waals surface area (Å²) in [4.78, 5) is 12.8. The first kappa shape index (κ1) is 10.5. The summed E-state index contributed by atoms with van der Waals surface area (Å²) in [6.07, 6.45) is 1.37. The van der Waals surface area contributed by atoms with Crippen LogP contribution in [0.4, 0.5) is 0 Å². The van der Waals surface area contributed by atoms with Crippen LogP contribution in [0.5, 0.6) is 0 Å². The summed E-state index contributed by atoms with van der Waals surface area (Å²) in [6, 6.07) is 0.573. The molecule has 1 heterocycles. The highest BCUT2D eigenvalue weighted by Crippen LogP contribution is 2.28. The minimum Gasteiger partial charge on any atom is -0.481 e. The van der Waals surface area contributed by atoms with Gasteiger partial charge in [0.2, 0.25) is 0 Å². The van der Waals surface area contributed by atoms with Gasteiger partial charge in [0.15, 0.2) is 0 Å². The molecular weight excluding hydrogens is 166 g/mol. The van der Waals surface area contributed by atoms with Crippen LogP contribution in [0, 0.1) is 11.8 Å². The van der Waals surface area contributed by atoms with E-state index < -0.39 is 5.97 Å². The summed E-state index contributed by atoms with van der Waals surface area (Å²) in [7, 11) is 2.09. The molecule has 2 unspecified atom stereocenters. The van der Waals surface area contributed by atoms with E-state index in [1.807, 2.05) is 0 Å². The first-order chi connectivity index (χ1) is 6.00. The standard InChI is InChI=1S/C10H19NO2/c1-7(2)9-4-8(5-10(12)13)6-11(9)3/h7-9H,4-6H2,1-3H3,(H,12,13). The second kappa shape index (κ2) is 4.09. The normalized spacial score (nSPS) is 29.8. The van der Waals surface area contributed by atoms with Gasteiger partial charge in [0, 0.05) is 19.0 Å². The van der Waals surface area contributed by atoms with E-state index in [9.17, 15) is 4.79 Å². The molecule has 76 valence electrons. The summed E-state index contributed by atoms with van der Waals surface area (Å²) >= 11 is 0. The highest BCUT2D eigenvalue weighted by atomic mass is 16.4. The Labute approximate surface area is 79.7 Å².